The molecule has 0 aliphatic heterocycles. The van der Waals surface area contributed by atoms with Crippen LogP contribution in [0.5, 0.6) is 0 Å². The van der Waals surface area contributed by atoms with Gasteiger partial charge in [0, 0.05) is 10.9 Å². The van der Waals surface area contributed by atoms with Crippen LogP contribution >= 0.6 is 23.1 Å². The maximum absolute atomic E-state index is 13.4. The van der Waals surface area contributed by atoms with Crippen LogP contribution in [0.1, 0.15) is 90.6 Å². The topological polar surface area (TPSA) is 115 Å². The van der Waals surface area contributed by atoms with Crippen LogP contribution in [-0.2, 0) is 40.1 Å². The number of rotatable bonds is 11. The molecule has 2 aromatic heterocycles. The Morgan fingerprint density at radius 3 is 2.63 bits per heavy atom. The number of carbonyl (C=O) groups is 3. The molecular formula is C30H37N5O4S2. The number of aryl methyl sites for hydroxylation is 1. The Morgan fingerprint density at radius 1 is 1.10 bits per heavy atom. The molecule has 41 heavy (non-hydrogen) atoms. The monoisotopic (exact) mass is 595 g/mol. The van der Waals surface area contributed by atoms with Crippen molar-refractivity contribution in [3.05, 3.63) is 57.7 Å². The van der Waals surface area contributed by atoms with E-state index in [2.05, 4.69) is 25.4 Å². The number of amides is 2. The summed E-state index contributed by atoms with van der Waals surface area (Å²) >= 11 is 2.84. The van der Waals surface area contributed by atoms with E-state index in [9.17, 15) is 14.4 Å². The molecule has 11 heteroatoms. The van der Waals surface area contributed by atoms with Crippen molar-refractivity contribution in [2.75, 3.05) is 11.9 Å². The number of carbonyl (C=O) groups excluding carboxylic acids is 3. The number of aromatic nitrogens is 3. The van der Waals surface area contributed by atoms with E-state index in [0.29, 0.717) is 28.0 Å². The molecule has 2 heterocycles. The number of thiophene rings is 1. The van der Waals surface area contributed by atoms with E-state index in [1.165, 1.54) is 29.5 Å². The first-order chi connectivity index (χ1) is 19.9. The molecule has 3 aromatic rings. The Labute approximate surface area is 248 Å². The van der Waals surface area contributed by atoms with Gasteiger partial charge in [0.1, 0.15) is 5.00 Å². The molecule has 0 bridgehead atoms. The van der Waals surface area contributed by atoms with Gasteiger partial charge in [-0.1, -0.05) is 61.4 Å². The van der Waals surface area contributed by atoms with Crippen LogP contribution in [0.15, 0.2) is 35.5 Å². The van der Waals surface area contributed by atoms with Crippen molar-refractivity contribution < 1.29 is 19.1 Å². The maximum Gasteiger partial charge on any atom is 0.341 e. The fraction of sp³-hybridized carbons (Fsp3) is 0.500. The lowest BCUT2D eigenvalue weighted by molar-refractivity contribution is -0.120. The highest BCUT2D eigenvalue weighted by Crippen LogP contribution is 2.40. The number of anilines is 1. The normalized spacial score (nSPS) is 15.8. The number of esters is 1. The minimum absolute atomic E-state index is 0.0726. The smallest absolute Gasteiger partial charge is 0.341 e. The van der Waals surface area contributed by atoms with E-state index in [4.69, 9.17) is 4.74 Å². The molecule has 0 unspecified atom stereocenters. The largest absolute Gasteiger partial charge is 0.462 e. The van der Waals surface area contributed by atoms with Crippen molar-refractivity contribution >= 4 is 45.9 Å². The molecule has 2 amide bonds. The second kappa shape index (κ2) is 13.7. The summed E-state index contributed by atoms with van der Waals surface area (Å²) in [5.41, 5.74) is 2.48. The molecule has 2 aliphatic rings. The third-order valence-electron chi connectivity index (χ3n) is 7.62. The molecule has 218 valence electrons. The van der Waals surface area contributed by atoms with E-state index in [0.717, 1.165) is 60.9 Å². The molecule has 1 atom stereocenters. The van der Waals surface area contributed by atoms with Gasteiger partial charge in [0.2, 0.25) is 11.8 Å². The lowest BCUT2D eigenvalue weighted by Gasteiger charge is -2.26. The first-order valence-electron chi connectivity index (χ1n) is 14.5. The molecule has 1 fully saturated rings. The van der Waals surface area contributed by atoms with Gasteiger partial charge in [0.25, 0.3) is 0 Å². The van der Waals surface area contributed by atoms with E-state index < -0.39 is 5.25 Å². The van der Waals surface area contributed by atoms with Gasteiger partial charge in [0.05, 0.1) is 30.4 Å². The number of hydrogen-bond donors (Lipinski definition) is 2. The highest BCUT2D eigenvalue weighted by Gasteiger charge is 2.30. The van der Waals surface area contributed by atoms with E-state index in [1.807, 2.05) is 37.3 Å². The van der Waals surface area contributed by atoms with Gasteiger partial charge < -0.3 is 19.9 Å². The number of hydrogen-bond acceptors (Lipinski definition) is 8. The van der Waals surface area contributed by atoms with Crippen molar-refractivity contribution in [2.24, 2.45) is 0 Å². The standard InChI is InChI=1S/C30H37N5O4S2/c1-3-39-29(38)26-22-15-10-16-23(22)41-28(26)32-27(37)19(2)40-30-34-33-24(35(30)21-13-8-5-9-14-21)18-31-25(36)17-20-11-6-4-7-12-20/h4,6-7,11-12,19,21H,3,5,8-10,13-18H2,1-2H3,(H,31,36)(H,32,37)/t19-/m1/s1. The molecule has 0 radical (unpaired) electrons. The fourth-order valence-electron chi connectivity index (χ4n) is 5.57. The zero-order valence-corrected chi connectivity index (χ0v) is 25.2. The van der Waals surface area contributed by atoms with Gasteiger partial charge in [-0.2, -0.15) is 0 Å². The summed E-state index contributed by atoms with van der Waals surface area (Å²) < 4.78 is 7.43. The first-order valence-corrected chi connectivity index (χ1v) is 16.2. The second-order valence-corrected chi connectivity index (χ2v) is 12.9. The number of nitrogens with zero attached hydrogens (tertiary/aromatic N) is 3. The Hall–Kier alpha value is -3.18. The SMILES string of the molecule is CCOC(=O)c1c(NC(=O)[C@@H](C)Sc2nnc(CNC(=O)Cc3ccccc3)n2C2CCCCC2)sc2c1CCC2. The summed E-state index contributed by atoms with van der Waals surface area (Å²) in [6.07, 6.45) is 8.55. The van der Waals surface area contributed by atoms with Crippen LogP contribution in [0, 0.1) is 0 Å². The summed E-state index contributed by atoms with van der Waals surface area (Å²) in [5, 5.41) is 15.7. The van der Waals surface area contributed by atoms with Crippen LogP contribution in [0.25, 0.3) is 0 Å². The molecule has 1 aromatic carbocycles. The van der Waals surface area contributed by atoms with E-state index in [-0.39, 0.29) is 37.0 Å². The Balaban J connectivity index is 1.29. The zero-order chi connectivity index (χ0) is 28.8. The zero-order valence-electron chi connectivity index (χ0n) is 23.6. The Bertz CT molecular complexity index is 1380. The van der Waals surface area contributed by atoms with Gasteiger partial charge in [-0.3, -0.25) is 9.59 Å². The average Bonchev–Trinajstić information content (AvgIpc) is 3.68. The fourth-order valence-corrected chi connectivity index (χ4v) is 7.79. The van der Waals surface area contributed by atoms with Crippen molar-refractivity contribution in [3.8, 4) is 0 Å². The van der Waals surface area contributed by atoms with Gasteiger partial charge in [-0.05, 0) is 57.1 Å². The minimum atomic E-state index is -0.478. The summed E-state index contributed by atoms with van der Waals surface area (Å²) in [4.78, 5) is 39.9. The number of benzene rings is 1. The van der Waals surface area contributed by atoms with Gasteiger partial charge in [-0.25, -0.2) is 4.79 Å². The third kappa shape index (κ3) is 7.01. The quantitative estimate of drug-likeness (QED) is 0.223. The predicted molar refractivity (Wildman–Crippen MR) is 160 cm³/mol. The number of nitrogens with one attached hydrogen (secondary N) is 2. The molecule has 0 saturated heterocycles. The molecule has 2 N–H and O–H groups in total. The lowest BCUT2D eigenvalue weighted by atomic mass is 9.95. The first kappa shape index (κ1) is 29.3. The minimum Gasteiger partial charge on any atom is -0.462 e. The highest BCUT2D eigenvalue weighted by molar-refractivity contribution is 8.00. The summed E-state index contributed by atoms with van der Waals surface area (Å²) in [6.45, 7) is 4.19. The third-order valence-corrected chi connectivity index (χ3v) is 9.88. The number of fused-ring (bicyclic) bond motifs is 1. The van der Waals surface area contributed by atoms with Crippen LogP contribution < -0.4 is 10.6 Å². The molecule has 9 nitrogen and oxygen atoms in total. The van der Waals surface area contributed by atoms with Gasteiger partial charge >= 0.3 is 5.97 Å². The predicted octanol–water partition coefficient (Wildman–Crippen LogP) is 5.49. The van der Waals surface area contributed by atoms with E-state index in [1.54, 1.807) is 6.92 Å². The van der Waals surface area contributed by atoms with Crippen molar-refractivity contribution in [3.63, 3.8) is 0 Å². The summed E-state index contributed by atoms with van der Waals surface area (Å²) in [5.74, 6) is 0.0548. The number of ether oxygens (including phenoxy) is 1. The lowest BCUT2D eigenvalue weighted by Crippen LogP contribution is -2.28. The van der Waals surface area contributed by atoms with Crippen molar-refractivity contribution in [2.45, 2.75) is 94.6 Å². The summed E-state index contributed by atoms with van der Waals surface area (Å²) in [7, 11) is 0. The van der Waals surface area contributed by atoms with Crippen LogP contribution in [-0.4, -0.2) is 44.4 Å². The van der Waals surface area contributed by atoms with Crippen molar-refractivity contribution in [1.82, 2.24) is 20.1 Å². The Morgan fingerprint density at radius 2 is 1.88 bits per heavy atom. The molecule has 0 spiro atoms. The highest BCUT2D eigenvalue weighted by atomic mass is 32.2. The van der Waals surface area contributed by atoms with E-state index >= 15 is 0 Å². The van der Waals surface area contributed by atoms with Crippen molar-refractivity contribution in [1.29, 1.82) is 0 Å². The molecular weight excluding hydrogens is 558 g/mol. The Kier molecular flexibility index (Phi) is 9.76. The second-order valence-electron chi connectivity index (χ2n) is 10.5. The molecule has 2 aliphatic carbocycles. The van der Waals surface area contributed by atoms with Crippen LogP contribution in [0.3, 0.4) is 0 Å². The average molecular weight is 596 g/mol. The van der Waals surface area contributed by atoms with Gasteiger partial charge in [-0.15, -0.1) is 21.5 Å². The van der Waals surface area contributed by atoms with Gasteiger partial charge in [0.15, 0.2) is 11.0 Å². The van der Waals surface area contributed by atoms with Crippen LogP contribution in [0.2, 0.25) is 0 Å². The molecule has 1 saturated carbocycles. The molecule has 5 rings (SSSR count). The number of thioether (sulfide) groups is 1. The summed E-state index contributed by atoms with van der Waals surface area (Å²) in [6, 6.07) is 9.88. The van der Waals surface area contributed by atoms with Crippen LogP contribution in [0.4, 0.5) is 5.00 Å². The maximum atomic E-state index is 13.4.